The Labute approximate surface area is 89.3 Å². The summed E-state index contributed by atoms with van der Waals surface area (Å²) in [5, 5.41) is 5.87. The second kappa shape index (κ2) is 3.38. The molecular formula is C13H15NO. The molecular weight excluding hydrogens is 186 g/mol. The Morgan fingerprint density at radius 1 is 1.07 bits per heavy atom. The highest BCUT2D eigenvalue weighted by molar-refractivity contribution is 5.42. The number of nitrogens with one attached hydrogen (secondary N) is 1. The van der Waals surface area contributed by atoms with E-state index in [4.69, 9.17) is 4.74 Å². The number of hydrogen-bond acceptors (Lipinski definition) is 2. The highest BCUT2D eigenvalue weighted by Crippen LogP contribution is 2.26. The van der Waals surface area contributed by atoms with E-state index in [0.29, 0.717) is 0 Å². The van der Waals surface area contributed by atoms with Gasteiger partial charge in [-0.25, -0.2) is 0 Å². The van der Waals surface area contributed by atoms with Crippen molar-refractivity contribution in [1.29, 1.82) is 0 Å². The lowest BCUT2D eigenvalue weighted by molar-refractivity contribution is 0.0776. The topological polar surface area (TPSA) is 21.3 Å². The molecule has 1 aromatic rings. The molecule has 2 nitrogen and oxygen atoms in total. The molecule has 0 radical (unpaired) electrons. The van der Waals surface area contributed by atoms with Crippen LogP contribution in [0.1, 0.15) is 12.8 Å². The fourth-order valence-electron chi connectivity index (χ4n) is 2.36. The average molecular weight is 201 g/mol. The summed E-state index contributed by atoms with van der Waals surface area (Å²) in [4.78, 5) is 0. The molecule has 1 fully saturated rings. The van der Waals surface area contributed by atoms with Gasteiger partial charge in [-0.2, -0.15) is 0 Å². The van der Waals surface area contributed by atoms with Crippen molar-refractivity contribution in [1.82, 2.24) is 5.32 Å². The number of piperidine rings is 1. The number of hydrogen-bond donors (Lipinski definition) is 1. The van der Waals surface area contributed by atoms with Gasteiger partial charge in [0, 0.05) is 18.1 Å². The van der Waals surface area contributed by atoms with E-state index in [-0.39, 0.29) is 5.60 Å². The van der Waals surface area contributed by atoms with Crippen LogP contribution in [0, 0.1) is 0 Å². The monoisotopic (exact) mass is 201 g/mol. The molecule has 1 N–H and O–H groups in total. The molecule has 1 aromatic carbocycles. The smallest absolute Gasteiger partial charge is 0.130 e. The summed E-state index contributed by atoms with van der Waals surface area (Å²) in [6.45, 7) is 2.10. The number of fused-ring (bicyclic) bond motifs is 1. The Bertz CT molecular complexity index is 472. The van der Waals surface area contributed by atoms with Crippen molar-refractivity contribution in [3.8, 4) is 0 Å². The van der Waals surface area contributed by atoms with Crippen LogP contribution >= 0.6 is 0 Å². The van der Waals surface area contributed by atoms with Gasteiger partial charge in [0.1, 0.15) is 5.60 Å². The third-order valence-corrected chi connectivity index (χ3v) is 3.29. The van der Waals surface area contributed by atoms with Crippen LogP contribution in [-0.2, 0) is 4.74 Å². The Kier molecular flexibility index (Phi) is 2.03. The number of rotatable bonds is 0. The van der Waals surface area contributed by atoms with E-state index in [1.54, 1.807) is 0 Å². The minimum atomic E-state index is -0.0421. The van der Waals surface area contributed by atoms with E-state index < -0.39 is 0 Å². The van der Waals surface area contributed by atoms with E-state index in [1.165, 1.54) is 10.4 Å². The van der Waals surface area contributed by atoms with Gasteiger partial charge in [0.15, 0.2) is 0 Å². The van der Waals surface area contributed by atoms with E-state index in [0.717, 1.165) is 25.9 Å². The SMILES string of the molecule is C1=c2ccccc2=CC2(CCNCC2)O1. The summed E-state index contributed by atoms with van der Waals surface area (Å²) >= 11 is 0. The molecule has 15 heavy (non-hydrogen) atoms. The van der Waals surface area contributed by atoms with Crippen molar-refractivity contribution >= 4 is 12.3 Å². The molecule has 1 saturated heterocycles. The Balaban J connectivity index is 2.08. The van der Waals surface area contributed by atoms with Crippen LogP contribution in [-0.4, -0.2) is 18.7 Å². The van der Waals surface area contributed by atoms with Gasteiger partial charge in [0.05, 0.1) is 6.26 Å². The molecule has 1 spiro atoms. The fraction of sp³-hybridized carbons (Fsp3) is 0.385. The zero-order valence-corrected chi connectivity index (χ0v) is 8.70. The lowest BCUT2D eigenvalue weighted by Gasteiger charge is -2.35. The van der Waals surface area contributed by atoms with Crippen LogP contribution in [0.5, 0.6) is 0 Å². The Hall–Kier alpha value is -1.28. The third-order valence-electron chi connectivity index (χ3n) is 3.29. The maximum absolute atomic E-state index is 5.91. The largest absolute Gasteiger partial charge is 0.490 e. The van der Waals surface area contributed by atoms with Crippen molar-refractivity contribution in [2.75, 3.05) is 13.1 Å². The first-order valence-electron chi connectivity index (χ1n) is 5.55. The lowest BCUT2D eigenvalue weighted by atomic mass is 9.90. The average Bonchev–Trinajstić information content (AvgIpc) is 2.30. The van der Waals surface area contributed by atoms with Crippen LogP contribution in [0.2, 0.25) is 0 Å². The standard InChI is InChI=1S/C13H15NO/c1-2-4-12-10-15-13(9-11(12)3-1)5-7-14-8-6-13/h1-4,9-10,14H,5-8H2. The van der Waals surface area contributed by atoms with Gasteiger partial charge < -0.3 is 10.1 Å². The molecule has 78 valence electrons. The molecule has 0 bridgehead atoms. The Morgan fingerprint density at radius 3 is 2.60 bits per heavy atom. The van der Waals surface area contributed by atoms with E-state index in [9.17, 15) is 0 Å². The molecule has 2 heteroatoms. The summed E-state index contributed by atoms with van der Waals surface area (Å²) in [5.41, 5.74) is -0.0421. The summed E-state index contributed by atoms with van der Waals surface area (Å²) in [6, 6.07) is 8.40. The van der Waals surface area contributed by atoms with Gasteiger partial charge in [0.25, 0.3) is 0 Å². The zero-order chi connectivity index (χ0) is 10.1. The number of benzene rings is 1. The normalized spacial score (nSPS) is 22.1. The van der Waals surface area contributed by atoms with Crippen molar-refractivity contribution in [3.63, 3.8) is 0 Å². The van der Waals surface area contributed by atoms with Gasteiger partial charge in [0.2, 0.25) is 0 Å². The molecule has 2 heterocycles. The second-order valence-corrected chi connectivity index (χ2v) is 4.32. The van der Waals surface area contributed by atoms with Crippen molar-refractivity contribution < 1.29 is 4.74 Å². The molecule has 2 aliphatic heterocycles. The van der Waals surface area contributed by atoms with Gasteiger partial charge >= 0.3 is 0 Å². The summed E-state index contributed by atoms with van der Waals surface area (Å²) in [5.74, 6) is 0. The molecule has 0 amide bonds. The summed E-state index contributed by atoms with van der Waals surface area (Å²) in [7, 11) is 0. The minimum Gasteiger partial charge on any atom is -0.490 e. The quantitative estimate of drug-likeness (QED) is 0.654. The number of ether oxygens (including phenoxy) is 1. The fourth-order valence-corrected chi connectivity index (χ4v) is 2.36. The molecule has 3 rings (SSSR count). The van der Waals surface area contributed by atoms with Gasteiger partial charge in [-0.15, -0.1) is 0 Å². The first kappa shape index (κ1) is 8.98. The third kappa shape index (κ3) is 1.55. The van der Waals surface area contributed by atoms with Crippen LogP contribution in [0.4, 0.5) is 0 Å². The highest BCUT2D eigenvalue weighted by atomic mass is 16.5. The minimum absolute atomic E-state index is 0.0421. The molecule has 2 aliphatic rings. The van der Waals surface area contributed by atoms with Crippen molar-refractivity contribution in [3.05, 3.63) is 34.7 Å². The Morgan fingerprint density at radius 2 is 1.80 bits per heavy atom. The van der Waals surface area contributed by atoms with Crippen LogP contribution < -0.4 is 15.8 Å². The van der Waals surface area contributed by atoms with Gasteiger partial charge in [-0.3, -0.25) is 0 Å². The van der Waals surface area contributed by atoms with E-state index in [2.05, 4.69) is 29.6 Å². The van der Waals surface area contributed by atoms with Crippen molar-refractivity contribution in [2.45, 2.75) is 18.4 Å². The van der Waals surface area contributed by atoms with Crippen LogP contribution in [0.15, 0.2) is 24.3 Å². The van der Waals surface area contributed by atoms with Crippen molar-refractivity contribution in [2.24, 2.45) is 0 Å². The first-order chi connectivity index (χ1) is 7.38. The van der Waals surface area contributed by atoms with Gasteiger partial charge in [-0.05, 0) is 24.4 Å². The summed E-state index contributed by atoms with van der Waals surface area (Å²) in [6.07, 6.45) is 6.35. The maximum atomic E-state index is 5.91. The summed E-state index contributed by atoms with van der Waals surface area (Å²) < 4.78 is 5.91. The zero-order valence-electron chi connectivity index (χ0n) is 8.70. The predicted molar refractivity (Wildman–Crippen MR) is 60.5 cm³/mol. The first-order valence-corrected chi connectivity index (χ1v) is 5.55. The van der Waals surface area contributed by atoms with E-state index in [1.807, 2.05) is 12.3 Å². The lowest BCUT2D eigenvalue weighted by Crippen LogP contribution is -2.46. The van der Waals surface area contributed by atoms with Gasteiger partial charge in [-0.1, -0.05) is 24.3 Å². The molecule has 0 aromatic heterocycles. The molecule has 0 saturated carbocycles. The maximum Gasteiger partial charge on any atom is 0.130 e. The predicted octanol–water partition coefficient (Wildman–Crippen LogP) is 0.357. The van der Waals surface area contributed by atoms with Crippen LogP contribution in [0.25, 0.3) is 12.3 Å². The molecule has 0 aliphatic carbocycles. The van der Waals surface area contributed by atoms with Crippen LogP contribution in [0.3, 0.4) is 0 Å². The van der Waals surface area contributed by atoms with E-state index >= 15 is 0 Å². The molecule has 0 atom stereocenters. The highest BCUT2D eigenvalue weighted by Gasteiger charge is 2.31. The second-order valence-electron chi connectivity index (χ2n) is 4.32. The molecule has 0 unspecified atom stereocenters.